The van der Waals surface area contributed by atoms with Gasteiger partial charge in [-0.1, -0.05) is 18.2 Å². The smallest absolute Gasteiger partial charge is 0.335 e. The van der Waals surface area contributed by atoms with Crippen LogP contribution in [0.4, 0.5) is 0 Å². The monoisotopic (exact) mass is 298 g/mol. The number of carboxylic acids is 1. The number of hydrogen-bond donors (Lipinski definition) is 1. The Bertz CT molecular complexity index is 583. The molecule has 0 saturated heterocycles. The van der Waals surface area contributed by atoms with Gasteiger partial charge in [-0.15, -0.1) is 12.4 Å². The summed E-state index contributed by atoms with van der Waals surface area (Å²) in [5.41, 5.74) is 2.46. The molecule has 0 fully saturated rings. The second kappa shape index (κ2) is 6.50. The van der Waals surface area contributed by atoms with E-state index < -0.39 is 5.97 Å². The molecule has 0 bridgehead atoms. The van der Waals surface area contributed by atoms with E-state index in [2.05, 4.69) is 9.97 Å². The van der Waals surface area contributed by atoms with E-state index in [-0.39, 0.29) is 23.3 Å². The summed E-state index contributed by atoms with van der Waals surface area (Å²) in [7, 11) is 0. The minimum atomic E-state index is -0.942. The van der Waals surface area contributed by atoms with Crippen molar-refractivity contribution < 1.29 is 9.90 Å². The Hall–Kier alpha value is -1.65. The zero-order valence-electron chi connectivity index (χ0n) is 10.1. The maximum Gasteiger partial charge on any atom is 0.335 e. The van der Waals surface area contributed by atoms with E-state index in [0.717, 1.165) is 5.69 Å². The van der Waals surface area contributed by atoms with E-state index in [4.69, 9.17) is 16.7 Å². The van der Waals surface area contributed by atoms with E-state index in [9.17, 15) is 4.79 Å². The van der Waals surface area contributed by atoms with Gasteiger partial charge in [-0.05, 0) is 36.2 Å². The lowest BCUT2D eigenvalue weighted by atomic mass is 10.0. The van der Waals surface area contributed by atoms with Gasteiger partial charge in [0, 0.05) is 12.1 Å². The van der Waals surface area contributed by atoms with Gasteiger partial charge in [0.15, 0.2) is 0 Å². The summed E-state index contributed by atoms with van der Waals surface area (Å²) in [6, 6.07) is 8.65. The molecular formula is C13H12Cl2N2O2. The number of benzene rings is 1. The molecule has 6 heteroatoms. The van der Waals surface area contributed by atoms with Crippen LogP contribution in [-0.2, 0) is 6.42 Å². The van der Waals surface area contributed by atoms with Gasteiger partial charge < -0.3 is 5.11 Å². The zero-order chi connectivity index (χ0) is 13.1. The van der Waals surface area contributed by atoms with Crippen LogP contribution in [0.25, 0.3) is 0 Å². The fourth-order valence-corrected chi connectivity index (χ4v) is 2.01. The molecule has 100 valence electrons. The number of carbonyl (C=O) groups is 1. The van der Waals surface area contributed by atoms with Crippen molar-refractivity contribution in [2.45, 2.75) is 13.3 Å². The van der Waals surface area contributed by atoms with Crippen LogP contribution in [0, 0.1) is 6.92 Å². The summed E-state index contributed by atoms with van der Waals surface area (Å²) in [6.45, 7) is 1.82. The van der Waals surface area contributed by atoms with E-state index in [1.807, 2.05) is 6.92 Å². The summed E-state index contributed by atoms with van der Waals surface area (Å²) in [5, 5.41) is 9.27. The lowest BCUT2D eigenvalue weighted by Gasteiger charge is -2.06. The molecule has 0 spiro atoms. The molecule has 0 amide bonds. The molecule has 0 aliphatic carbocycles. The van der Waals surface area contributed by atoms with Gasteiger partial charge in [-0.3, -0.25) is 0 Å². The second-order valence-corrected chi connectivity index (χ2v) is 4.25. The summed E-state index contributed by atoms with van der Waals surface area (Å²) < 4.78 is 0. The predicted octanol–water partition coefficient (Wildman–Crippen LogP) is 3.15. The molecule has 1 aromatic carbocycles. The molecule has 2 aromatic rings. The maximum atomic E-state index is 11.1. The molecule has 2 rings (SSSR count). The molecule has 1 heterocycles. The Morgan fingerprint density at radius 3 is 2.63 bits per heavy atom. The summed E-state index contributed by atoms with van der Waals surface area (Å²) >= 11 is 5.78. The van der Waals surface area contributed by atoms with E-state index >= 15 is 0 Å². The Balaban J connectivity index is 0.00000180. The van der Waals surface area contributed by atoms with Crippen molar-refractivity contribution >= 4 is 30.0 Å². The number of aromatic nitrogens is 2. The van der Waals surface area contributed by atoms with Crippen molar-refractivity contribution in [3.05, 3.63) is 58.1 Å². The first-order chi connectivity index (χ1) is 8.56. The summed E-state index contributed by atoms with van der Waals surface area (Å²) in [5.74, 6) is -0.942. The van der Waals surface area contributed by atoms with Crippen LogP contribution in [0.1, 0.15) is 27.3 Å². The topological polar surface area (TPSA) is 63.1 Å². The maximum absolute atomic E-state index is 11.1. The van der Waals surface area contributed by atoms with Gasteiger partial charge in [0.05, 0.1) is 11.3 Å². The predicted molar refractivity (Wildman–Crippen MR) is 75.2 cm³/mol. The molecule has 0 radical (unpaired) electrons. The molecule has 19 heavy (non-hydrogen) atoms. The molecular weight excluding hydrogens is 287 g/mol. The van der Waals surface area contributed by atoms with Crippen LogP contribution in [0.3, 0.4) is 0 Å². The number of carboxylic acid groups (broad SMARTS) is 1. The Kier molecular flexibility index (Phi) is 5.27. The molecule has 0 saturated carbocycles. The zero-order valence-corrected chi connectivity index (χ0v) is 11.7. The number of nitrogens with zero attached hydrogens (tertiary/aromatic N) is 2. The van der Waals surface area contributed by atoms with Gasteiger partial charge >= 0.3 is 5.97 Å². The first-order valence-corrected chi connectivity index (χ1v) is 5.75. The van der Waals surface area contributed by atoms with Gasteiger partial charge in [-0.25, -0.2) is 14.8 Å². The van der Waals surface area contributed by atoms with Crippen molar-refractivity contribution in [2.75, 3.05) is 0 Å². The van der Waals surface area contributed by atoms with Gasteiger partial charge in [0.25, 0.3) is 0 Å². The lowest BCUT2D eigenvalue weighted by Crippen LogP contribution is -2.04. The summed E-state index contributed by atoms with van der Waals surface area (Å²) in [6.07, 6.45) is 0.422. The molecule has 4 nitrogen and oxygen atoms in total. The fraction of sp³-hybridized carbons (Fsp3) is 0.154. The average molecular weight is 299 g/mol. The van der Waals surface area contributed by atoms with E-state index in [0.29, 0.717) is 17.7 Å². The Morgan fingerprint density at radius 2 is 2.00 bits per heavy atom. The number of hydrogen-bond acceptors (Lipinski definition) is 3. The van der Waals surface area contributed by atoms with Gasteiger partial charge in [0.1, 0.15) is 0 Å². The third-order valence-corrected chi connectivity index (χ3v) is 2.67. The van der Waals surface area contributed by atoms with Crippen LogP contribution in [0.2, 0.25) is 5.28 Å². The van der Waals surface area contributed by atoms with E-state index in [1.165, 1.54) is 0 Å². The number of aryl methyl sites for hydroxylation is 1. The molecule has 1 N–H and O–H groups in total. The quantitative estimate of drug-likeness (QED) is 0.884. The first-order valence-electron chi connectivity index (χ1n) is 5.37. The Labute approximate surface area is 121 Å². The molecule has 0 aliphatic heterocycles. The van der Waals surface area contributed by atoms with Crippen molar-refractivity contribution in [1.29, 1.82) is 0 Å². The fourth-order valence-electron chi connectivity index (χ4n) is 1.76. The Morgan fingerprint density at radius 1 is 1.32 bits per heavy atom. The average Bonchev–Trinajstić information content (AvgIpc) is 2.27. The van der Waals surface area contributed by atoms with Crippen LogP contribution >= 0.6 is 24.0 Å². The number of aromatic carboxylic acids is 1. The van der Waals surface area contributed by atoms with Crippen LogP contribution in [0.15, 0.2) is 30.3 Å². The highest BCUT2D eigenvalue weighted by atomic mass is 35.5. The van der Waals surface area contributed by atoms with Crippen LogP contribution < -0.4 is 0 Å². The first kappa shape index (κ1) is 15.4. The normalized spacial score (nSPS) is 9.79. The molecule has 0 atom stereocenters. The highest BCUT2D eigenvalue weighted by molar-refractivity contribution is 6.28. The second-order valence-electron chi connectivity index (χ2n) is 3.91. The largest absolute Gasteiger partial charge is 0.478 e. The number of halogens is 2. The van der Waals surface area contributed by atoms with Crippen molar-refractivity contribution in [2.24, 2.45) is 0 Å². The summed E-state index contributed by atoms with van der Waals surface area (Å²) in [4.78, 5) is 19.1. The lowest BCUT2D eigenvalue weighted by molar-refractivity contribution is 0.0696. The van der Waals surface area contributed by atoms with Crippen molar-refractivity contribution in [1.82, 2.24) is 9.97 Å². The molecule has 1 aromatic heterocycles. The highest BCUT2D eigenvalue weighted by Crippen LogP contribution is 2.15. The molecule has 0 aliphatic rings. The highest BCUT2D eigenvalue weighted by Gasteiger charge is 2.10. The van der Waals surface area contributed by atoms with Gasteiger partial charge in [0.2, 0.25) is 5.28 Å². The third-order valence-electron chi connectivity index (χ3n) is 2.50. The standard InChI is InChI=1S/C13H11ClN2O2.ClH/c1-8-6-10(16-13(14)15-8)7-9-4-2-3-5-11(9)12(17)18;/h2-6H,7H2,1H3,(H,17,18);1H. The van der Waals surface area contributed by atoms with Crippen molar-refractivity contribution in [3.63, 3.8) is 0 Å². The minimum absolute atomic E-state index is 0. The minimum Gasteiger partial charge on any atom is -0.478 e. The van der Waals surface area contributed by atoms with E-state index in [1.54, 1.807) is 30.3 Å². The van der Waals surface area contributed by atoms with Crippen LogP contribution in [0.5, 0.6) is 0 Å². The number of rotatable bonds is 3. The molecule has 0 unspecified atom stereocenters. The van der Waals surface area contributed by atoms with Crippen molar-refractivity contribution in [3.8, 4) is 0 Å². The van der Waals surface area contributed by atoms with Gasteiger partial charge in [-0.2, -0.15) is 0 Å². The van der Waals surface area contributed by atoms with Crippen LogP contribution in [-0.4, -0.2) is 21.0 Å². The SMILES string of the molecule is Cc1cc(Cc2ccccc2C(=O)O)nc(Cl)n1.Cl. The third kappa shape index (κ3) is 3.91.